The first kappa shape index (κ1) is 19.4. The maximum absolute atomic E-state index is 13.1. The number of aromatic hydroxyl groups is 1. The average molecular weight is 508 g/mol. The van der Waals surface area contributed by atoms with Crippen LogP contribution < -0.4 is 5.56 Å². The van der Waals surface area contributed by atoms with Crippen molar-refractivity contribution in [3.63, 3.8) is 0 Å². The number of aromatic nitrogens is 5. The van der Waals surface area contributed by atoms with Crippen LogP contribution in [0.1, 0.15) is 6.23 Å². The number of aromatic amines is 1. The number of aliphatic hydroxyl groups is 1. The summed E-state index contributed by atoms with van der Waals surface area (Å²) in [7, 11) is -0.161. The van der Waals surface area contributed by atoms with Crippen molar-refractivity contribution in [2.75, 3.05) is 6.61 Å². The zero-order chi connectivity index (χ0) is 21.3. The molecule has 3 aromatic heterocycles. The quantitative estimate of drug-likeness (QED) is 0.275. The molecule has 5 unspecified atom stereocenters. The summed E-state index contributed by atoms with van der Waals surface area (Å²) in [5.74, 6) is 0.398. The summed E-state index contributed by atoms with van der Waals surface area (Å²) in [6.45, 7) is 0.311. The Bertz CT molecular complexity index is 1390. The molecular weight excluding hydrogens is 493 g/mol. The maximum atomic E-state index is 13.1. The molecule has 2 aliphatic rings. The summed E-state index contributed by atoms with van der Waals surface area (Å²) in [5, 5.41) is 20.5. The molecule has 0 aliphatic carbocycles. The van der Waals surface area contributed by atoms with Gasteiger partial charge < -0.3 is 29.0 Å². The Morgan fingerprint density at radius 2 is 2.19 bits per heavy atom. The molecule has 0 bridgehead atoms. The number of hydrogen-bond donors (Lipinski definition) is 3. The van der Waals surface area contributed by atoms with Crippen LogP contribution in [0, 0.1) is 0 Å². The predicted octanol–water partition coefficient (Wildman–Crippen LogP) is 1.69. The van der Waals surface area contributed by atoms with E-state index in [4.69, 9.17) is 13.8 Å². The minimum absolute atomic E-state index is 0.110. The lowest BCUT2D eigenvalue weighted by Crippen LogP contribution is -2.36. The summed E-state index contributed by atoms with van der Waals surface area (Å²) in [5.41, 5.74) is 1.30. The highest BCUT2D eigenvalue weighted by Gasteiger charge is 2.48. The molecule has 4 aromatic rings. The van der Waals surface area contributed by atoms with Crippen LogP contribution >= 0.6 is 25.0 Å². The zero-order valence-corrected chi connectivity index (χ0v) is 18.2. The Kier molecular flexibility index (Phi) is 4.43. The van der Waals surface area contributed by atoms with Gasteiger partial charge in [-0.15, -0.1) is 0 Å². The molecule has 11 nitrogen and oxygen atoms in total. The lowest BCUT2D eigenvalue weighted by Gasteiger charge is -2.24. The summed E-state index contributed by atoms with van der Waals surface area (Å²) in [4.78, 5) is 25.1. The summed E-state index contributed by atoms with van der Waals surface area (Å²) < 4.78 is 20.0. The van der Waals surface area contributed by atoms with Gasteiger partial charge in [0.15, 0.2) is 31.2 Å². The van der Waals surface area contributed by atoms with Crippen molar-refractivity contribution in [1.82, 2.24) is 23.9 Å². The lowest BCUT2D eigenvalue weighted by molar-refractivity contribution is -0.0529. The number of aliphatic hydroxyl groups excluding tert-OH is 1. The third-order valence-electron chi connectivity index (χ3n) is 5.42. The second kappa shape index (κ2) is 7.09. The van der Waals surface area contributed by atoms with Crippen molar-refractivity contribution in [1.29, 1.82) is 0 Å². The highest BCUT2D eigenvalue weighted by atomic mass is 79.9. The maximum Gasteiger partial charge on any atom is 0.287 e. The van der Waals surface area contributed by atoms with Gasteiger partial charge in [0.1, 0.15) is 24.1 Å². The number of H-pyrrole nitrogens is 1. The topological polar surface area (TPSA) is 136 Å². The van der Waals surface area contributed by atoms with Gasteiger partial charge in [-0.25, -0.2) is 9.38 Å². The number of imidazole rings is 2. The Hall–Kier alpha value is -2.34. The smallest absolute Gasteiger partial charge is 0.287 e. The van der Waals surface area contributed by atoms with E-state index in [1.807, 2.05) is 0 Å². The highest BCUT2D eigenvalue weighted by Crippen LogP contribution is 2.41. The largest absolute Gasteiger partial charge is 0.508 e. The van der Waals surface area contributed by atoms with Crippen LogP contribution in [0.3, 0.4) is 0 Å². The van der Waals surface area contributed by atoms with E-state index in [0.717, 1.165) is 0 Å². The number of benzene rings is 1. The number of rotatable bonds is 2. The molecule has 5 atom stereocenters. The van der Waals surface area contributed by atoms with Gasteiger partial charge in [0, 0.05) is 11.8 Å². The number of ether oxygens (including phenoxy) is 1. The molecule has 160 valence electrons. The van der Waals surface area contributed by atoms with Gasteiger partial charge in [0.2, 0.25) is 5.78 Å². The second-order valence-corrected chi connectivity index (χ2v) is 8.68. The van der Waals surface area contributed by atoms with Gasteiger partial charge >= 0.3 is 0 Å². The highest BCUT2D eigenvalue weighted by molar-refractivity contribution is 9.10. The summed E-state index contributed by atoms with van der Waals surface area (Å²) in [6.07, 6.45) is -1.20. The van der Waals surface area contributed by atoms with E-state index in [1.165, 1.54) is 4.40 Å². The van der Waals surface area contributed by atoms with E-state index in [0.29, 0.717) is 22.6 Å². The monoisotopic (exact) mass is 507 g/mol. The molecule has 31 heavy (non-hydrogen) atoms. The van der Waals surface area contributed by atoms with Crippen LogP contribution in [0.4, 0.5) is 0 Å². The molecule has 1 aromatic carbocycles. The standard InChI is InChI=1S/C18H15BrN5O6P/c19-17-21-11-14(24(17)16-12(26)13-10(29-16)6-28-31-30-13)22-18-20-9(5-23(18)15(11)27)7-2-1-3-8(25)4-7/h1-5,10,12-13,16,25-26,31H,6H2,(H,20,22). The minimum Gasteiger partial charge on any atom is -0.508 e. The molecule has 3 N–H and O–H groups in total. The molecule has 2 fully saturated rings. The molecule has 0 spiro atoms. The number of nitrogens with one attached hydrogen (secondary N) is 1. The Balaban J connectivity index is 1.51. The Labute approximate surface area is 183 Å². The van der Waals surface area contributed by atoms with Crippen molar-refractivity contribution in [3.8, 4) is 17.0 Å². The Morgan fingerprint density at radius 1 is 1.32 bits per heavy atom. The molecule has 13 heteroatoms. The first-order chi connectivity index (χ1) is 15.0. The van der Waals surface area contributed by atoms with E-state index in [1.54, 1.807) is 35.0 Å². The van der Waals surface area contributed by atoms with Gasteiger partial charge in [-0.3, -0.25) is 9.36 Å². The second-order valence-electron chi connectivity index (χ2n) is 7.28. The van der Waals surface area contributed by atoms with Crippen LogP contribution in [0.5, 0.6) is 5.75 Å². The molecule has 2 saturated heterocycles. The first-order valence-corrected chi connectivity index (χ1v) is 11.0. The summed E-state index contributed by atoms with van der Waals surface area (Å²) in [6, 6.07) is 6.66. The van der Waals surface area contributed by atoms with Gasteiger partial charge in [-0.1, -0.05) is 12.1 Å². The number of fused-ring (bicyclic) bond motifs is 3. The van der Waals surface area contributed by atoms with Gasteiger partial charge in [0.05, 0.1) is 12.3 Å². The molecule has 0 saturated carbocycles. The molecule has 2 aliphatic heterocycles. The fourth-order valence-electron chi connectivity index (χ4n) is 3.97. The number of phenols is 1. The van der Waals surface area contributed by atoms with Gasteiger partial charge in [-0.2, -0.15) is 4.98 Å². The molecule has 5 heterocycles. The molecule has 0 radical (unpaired) electrons. The van der Waals surface area contributed by atoms with Crippen molar-refractivity contribution in [2.24, 2.45) is 0 Å². The minimum atomic E-state index is -0.984. The normalized spacial score (nSPS) is 26.8. The van der Waals surface area contributed by atoms with Gasteiger partial charge in [-0.05, 0) is 28.1 Å². The van der Waals surface area contributed by atoms with E-state index < -0.39 is 24.5 Å². The number of halogens is 1. The first-order valence-electron chi connectivity index (χ1n) is 9.35. The van der Waals surface area contributed by atoms with Gasteiger partial charge in [0.25, 0.3) is 5.56 Å². The van der Waals surface area contributed by atoms with Crippen LogP contribution in [-0.2, 0) is 13.8 Å². The van der Waals surface area contributed by atoms with Crippen molar-refractivity contribution >= 4 is 41.9 Å². The van der Waals surface area contributed by atoms with Crippen LogP contribution in [-0.4, -0.2) is 59.1 Å². The van der Waals surface area contributed by atoms with Crippen LogP contribution in [0.25, 0.3) is 28.2 Å². The van der Waals surface area contributed by atoms with Crippen molar-refractivity contribution in [2.45, 2.75) is 24.5 Å². The third-order valence-corrected chi connectivity index (χ3v) is 6.63. The third kappa shape index (κ3) is 2.94. The number of hydrogen-bond acceptors (Lipinski definition) is 8. The predicted molar refractivity (Wildman–Crippen MR) is 113 cm³/mol. The van der Waals surface area contributed by atoms with Crippen LogP contribution in [0.2, 0.25) is 0 Å². The van der Waals surface area contributed by atoms with Crippen molar-refractivity contribution in [3.05, 3.63) is 45.5 Å². The Morgan fingerprint density at radius 3 is 3.00 bits per heavy atom. The molecule has 0 amide bonds. The average Bonchev–Trinajstić information content (AvgIpc) is 3.42. The number of phenolic OH excluding ortho intramolecular Hbond substituents is 1. The van der Waals surface area contributed by atoms with E-state index >= 15 is 0 Å². The zero-order valence-electron chi connectivity index (χ0n) is 15.6. The van der Waals surface area contributed by atoms with E-state index in [9.17, 15) is 15.0 Å². The summed E-state index contributed by atoms with van der Waals surface area (Å²) >= 11 is 3.36. The van der Waals surface area contributed by atoms with E-state index in [-0.39, 0.29) is 37.3 Å². The molecular formula is C18H15BrN5O6P. The fourth-order valence-corrected chi connectivity index (χ4v) is 5.22. The fraction of sp³-hybridized carbons (Fsp3) is 0.278. The van der Waals surface area contributed by atoms with Crippen molar-refractivity contribution < 1.29 is 24.0 Å². The lowest BCUT2D eigenvalue weighted by atomic mass is 10.1. The van der Waals surface area contributed by atoms with Crippen LogP contribution in [0.15, 0.2) is 40.0 Å². The van der Waals surface area contributed by atoms with E-state index in [2.05, 4.69) is 30.9 Å². The molecule has 6 rings (SSSR count). The SMILES string of the molecule is O=c1c2nc(Br)n(C3OC4COPOC4C3O)c2nc2[nH]c(-c3cccc(O)c3)cn12. The number of nitrogens with zero attached hydrogens (tertiary/aromatic N) is 4.